The Morgan fingerprint density at radius 1 is 0.933 bits per heavy atom. The topological polar surface area (TPSA) is 116 Å². The molecule has 4 unspecified atom stereocenters. The monoisotopic (exact) mass is 650 g/mol. The minimum Gasteiger partial charge on any atom is -0.504 e. The molecule has 3 heterocycles. The van der Waals surface area contributed by atoms with Gasteiger partial charge in [-0.1, -0.05) is 30.3 Å². The van der Waals surface area contributed by atoms with Gasteiger partial charge in [-0.15, -0.1) is 23.2 Å². The quantitative estimate of drug-likeness (QED) is 0.196. The number of aromatic hydroxyl groups is 1. The fraction of sp³-hybridized carbons (Fsp3) is 0.250. The van der Waals surface area contributed by atoms with Crippen LogP contribution >= 0.6 is 23.2 Å². The number of nitrogens with zero attached hydrogens (tertiary/aromatic N) is 4. The van der Waals surface area contributed by atoms with E-state index in [9.17, 15) is 28.7 Å². The van der Waals surface area contributed by atoms with Crippen LogP contribution < -0.4 is 21.0 Å². The van der Waals surface area contributed by atoms with Crippen molar-refractivity contribution < 1.29 is 23.8 Å². The first-order valence-corrected chi connectivity index (χ1v) is 15.0. The highest BCUT2D eigenvalue weighted by Crippen LogP contribution is 2.64. The zero-order valence-corrected chi connectivity index (χ0v) is 25.2. The molecule has 1 aliphatic carbocycles. The van der Waals surface area contributed by atoms with Gasteiger partial charge in [-0.05, 0) is 66.6 Å². The van der Waals surface area contributed by atoms with Crippen LogP contribution in [0.4, 0.5) is 10.1 Å². The molecule has 10 nitrogen and oxygen atoms in total. The number of carbonyl (C=O) groups is 2. The van der Waals surface area contributed by atoms with Crippen molar-refractivity contribution in [2.75, 3.05) is 11.5 Å². The zero-order valence-electron chi connectivity index (χ0n) is 23.7. The number of amides is 2. The molecule has 45 heavy (non-hydrogen) atoms. The van der Waals surface area contributed by atoms with E-state index in [-0.39, 0.29) is 36.8 Å². The lowest BCUT2D eigenvalue weighted by atomic mass is 9.64. The predicted octanol–water partition coefficient (Wildman–Crippen LogP) is 4.24. The Kier molecular flexibility index (Phi) is 6.61. The van der Waals surface area contributed by atoms with E-state index in [0.717, 1.165) is 21.6 Å². The molecule has 0 bridgehead atoms. The third kappa shape index (κ3) is 3.93. The van der Waals surface area contributed by atoms with Crippen LogP contribution in [-0.2, 0) is 16.1 Å². The van der Waals surface area contributed by atoms with E-state index in [1.807, 2.05) is 0 Å². The summed E-state index contributed by atoms with van der Waals surface area (Å²) in [4.78, 5) is 52.9. The lowest BCUT2D eigenvalue weighted by molar-refractivity contribution is -0.122. The first-order valence-electron chi connectivity index (χ1n) is 14.2. The van der Waals surface area contributed by atoms with Gasteiger partial charge in [0.2, 0.25) is 0 Å². The summed E-state index contributed by atoms with van der Waals surface area (Å²) in [6.45, 7) is 1.93. The third-order valence-corrected chi connectivity index (χ3v) is 10.2. The van der Waals surface area contributed by atoms with Gasteiger partial charge in [0.1, 0.15) is 5.82 Å². The summed E-state index contributed by atoms with van der Waals surface area (Å²) in [7, 11) is 0. The predicted molar refractivity (Wildman–Crippen MR) is 164 cm³/mol. The van der Waals surface area contributed by atoms with Gasteiger partial charge in [-0.25, -0.2) is 32.8 Å². The summed E-state index contributed by atoms with van der Waals surface area (Å²) in [5, 5.41) is 10.5. The Morgan fingerprint density at radius 2 is 1.64 bits per heavy atom. The molecule has 13 heteroatoms. The van der Waals surface area contributed by atoms with Gasteiger partial charge >= 0.3 is 11.4 Å². The third-order valence-electron chi connectivity index (χ3n) is 8.79. The Morgan fingerprint density at radius 3 is 2.33 bits per heavy atom. The molecule has 1 saturated carbocycles. The van der Waals surface area contributed by atoms with Gasteiger partial charge < -0.3 is 9.84 Å². The molecule has 3 aromatic carbocycles. The number of phenolic OH excluding ortho intramolecular Hbond substituents is 1. The lowest BCUT2D eigenvalue weighted by Gasteiger charge is -2.49. The molecule has 0 radical (unpaired) electrons. The molecule has 4 atom stereocenters. The molecule has 1 N–H and O–H groups in total. The van der Waals surface area contributed by atoms with Gasteiger partial charge in [0.25, 0.3) is 11.8 Å². The number of aromatic nitrogens is 3. The van der Waals surface area contributed by atoms with Crippen molar-refractivity contribution in [2.45, 2.75) is 41.6 Å². The average molecular weight is 651 g/mol. The smallest absolute Gasteiger partial charge is 0.352 e. The van der Waals surface area contributed by atoms with Crippen molar-refractivity contribution in [3.8, 4) is 17.2 Å². The largest absolute Gasteiger partial charge is 0.504 e. The Bertz CT molecular complexity index is 2040. The van der Waals surface area contributed by atoms with Crippen LogP contribution in [0.3, 0.4) is 0 Å². The van der Waals surface area contributed by atoms with Crippen LogP contribution in [0.5, 0.6) is 11.5 Å². The minimum absolute atomic E-state index is 0.0291. The molecule has 4 aromatic rings. The molecule has 3 aliphatic rings. The highest BCUT2D eigenvalue weighted by molar-refractivity contribution is 6.58. The number of anilines is 1. The first kappa shape index (κ1) is 29.1. The number of rotatable bonds is 5. The van der Waals surface area contributed by atoms with Crippen molar-refractivity contribution in [3.63, 3.8) is 0 Å². The van der Waals surface area contributed by atoms with Gasteiger partial charge in [-0.3, -0.25) is 9.59 Å². The van der Waals surface area contributed by atoms with E-state index < -0.39 is 50.7 Å². The van der Waals surface area contributed by atoms with Gasteiger partial charge in [0.05, 0.1) is 30.6 Å². The lowest BCUT2D eigenvalue weighted by Crippen LogP contribution is -2.59. The van der Waals surface area contributed by atoms with Crippen molar-refractivity contribution in [1.82, 2.24) is 13.9 Å². The van der Waals surface area contributed by atoms with Crippen LogP contribution in [0.15, 0.2) is 94.0 Å². The highest BCUT2D eigenvalue weighted by Gasteiger charge is 2.75. The molecule has 2 amide bonds. The number of phenols is 1. The van der Waals surface area contributed by atoms with E-state index in [4.69, 9.17) is 27.9 Å². The van der Waals surface area contributed by atoms with Crippen molar-refractivity contribution in [2.24, 2.45) is 0 Å². The molecular formula is C32H25Cl2FN4O6. The SMILES string of the molecule is CCOc1cc(C2C3=CCn4c(=O)n(-c5ccccc5)c(=O)n4C3CC3(Cl)C(=O)N(c4ccc(F)cc4)C(=O)C23Cl)ccc1O. The maximum Gasteiger partial charge on any atom is 0.352 e. The summed E-state index contributed by atoms with van der Waals surface area (Å²) < 4.78 is 23.0. The number of hydrogen-bond donors (Lipinski definition) is 1. The number of alkyl halides is 2. The summed E-state index contributed by atoms with van der Waals surface area (Å²) in [5.74, 6) is -3.41. The average Bonchev–Trinajstić information content (AvgIpc) is 3.37. The number of halogens is 3. The summed E-state index contributed by atoms with van der Waals surface area (Å²) >= 11 is 14.7. The summed E-state index contributed by atoms with van der Waals surface area (Å²) in [5.41, 5.74) is 0.0637. The van der Waals surface area contributed by atoms with E-state index in [0.29, 0.717) is 16.8 Å². The summed E-state index contributed by atoms with van der Waals surface area (Å²) in [6, 6.07) is 16.7. The standard InChI is InChI=1S/C32H25Cl2FN4O6/c1-2-45-25-16-18(8-13-24(25)40)26-22-14-15-36-29(43)38(20-6-4-3-5-7-20)30(44)39(36)23(22)17-31(33)27(41)37(28(42)32(26,31)34)21-11-9-19(35)10-12-21/h3-14,16,23,26,40H,2,15,17H2,1H3. The first-order chi connectivity index (χ1) is 21.5. The second-order valence-electron chi connectivity index (χ2n) is 11.1. The number of carbonyl (C=O) groups excluding carboxylic acids is 2. The van der Waals surface area contributed by atoms with Crippen molar-refractivity contribution in [1.29, 1.82) is 0 Å². The van der Waals surface area contributed by atoms with Crippen LogP contribution in [0, 0.1) is 5.82 Å². The van der Waals surface area contributed by atoms with Gasteiger partial charge in [0, 0.05) is 12.3 Å². The zero-order chi connectivity index (χ0) is 31.8. The van der Waals surface area contributed by atoms with Gasteiger partial charge in [0.15, 0.2) is 21.2 Å². The van der Waals surface area contributed by atoms with Crippen LogP contribution in [0.25, 0.3) is 5.69 Å². The molecule has 1 saturated heterocycles. The molecule has 2 aliphatic heterocycles. The molecule has 1 aromatic heterocycles. The molecule has 7 rings (SSSR count). The Balaban J connectivity index is 1.47. The normalized spacial score (nSPS) is 25.4. The minimum atomic E-state index is -2.13. The van der Waals surface area contributed by atoms with Crippen LogP contribution in [-0.4, -0.2) is 47.2 Å². The fourth-order valence-corrected chi connectivity index (χ4v) is 7.73. The molecule has 230 valence electrons. The number of benzene rings is 3. The number of fused-ring (bicyclic) bond motifs is 4. The number of allylic oxidation sites excluding steroid dienone is 2. The number of para-hydroxylation sites is 1. The summed E-state index contributed by atoms with van der Waals surface area (Å²) in [6.07, 6.45) is 1.41. The fourth-order valence-electron chi connectivity index (χ4n) is 6.81. The van der Waals surface area contributed by atoms with E-state index in [1.54, 1.807) is 49.4 Å². The second kappa shape index (κ2) is 10.2. The number of ether oxygens (including phenoxy) is 1. The molecular weight excluding hydrogens is 626 g/mol. The van der Waals surface area contributed by atoms with Crippen LogP contribution in [0.1, 0.15) is 30.9 Å². The Labute approximate surface area is 265 Å². The maximum atomic E-state index is 14.4. The van der Waals surface area contributed by atoms with E-state index in [1.165, 1.54) is 33.6 Å². The van der Waals surface area contributed by atoms with Crippen molar-refractivity contribution >= 4 is 40.7 Å². The molecule has 2 fully saturated rings. The van der Waals surface area contributed by atoms with Gasteiger partial charge in [-0.2, -0.15) is 0 Å². The highest BCUT2D eigenvalue weighted by atomic mass is 35.5. The second-order valence-corrected chi connectivity index (χ2v) is 12.4. The Hall–Kier alpha value is -4.61. The van der Waals surface area contributed by atoms with E-state index >= 15 is 0 Å². The van der Waals surface area contributed by atoms with Crippen molar-refractivity contribution in [3.05, 3.63) is 117 Å². The molecule has 0 spiro atoms. The number of imide groups is 1. The van der Waals surface area contributed by atoms with E-state index in [2.05, 4.69) is 0 Å². The maximum absolute atomic E-state index is 14.4. The number of hydrogen-bond acceptors (Lipinski definition) is 6. The van der Waals surface area contributed by atoms with Crippen LogP contribution in [0.2, 0.25) is 0 Å².